The van der Waals surface area contributed by atoms with Crippen LogP contribution in [0, 0.1) is 5.92 Å². The first-order valence-electron chi connectivity index (χ1n) is 5.25. The zero-order valence-electron chi connectivity index (χ0n) is 8.60. The molecule has 1 atom stereocenters. The Labute approximate surface area is 80.3 Å². The fourth-order valence-corrected chi connectivity index (χ4v) is 1.55. The van der Waals surface area contributed by atoms with Crippen molar-refractivity contribution in [2.45, 2.75) is 39.2 Å². The van der Waals surface area contributed by atoms with Crippen LogP contribution in [-0.4, -0.2) is 25.0 Å². The third-order valence-electron chi connectivity index (χ3n) is 2.71. The average molecular weight is 184 g/mol. The molecule has 0 aromatic rings. The fraction of sp³-hybridized carbons (Fsp3) is 0.900. The van der Waals surface area contributed by atoms with E-state index >= 15 is 0 Å². The van der Waals surface area contributed by atoms with E-state index in [1.165, 1.54) is 0 Å². The predicted octanol–water partition coefficient (Wildman–Crippen LogP) is 0.901. The van der Waals surface area contributed by atoms with E-state index in [9.17, 15) is 4.79 Å². The zero-order valence-corrected chi connectivity index (χ0v) is 8.60. The van der Waals surface area contributed by atoms with E-state index in [0.29, 0.717) is 6.04 Å². The SMILES string of the molecule is CC[C@H](C)NC(=O)C1CCNCC1. The molecule has 0 aliphatic carbocycles. The molecule has 0 aromatic carbocycles. The number of carbonyl (C=O) groups is 1. The third-order valence-corrected chi connectivity index (χ3v) is 2.71. The summed E-state index contributed by atoms with van der Waals surface area (Å²) in [5.74, 6) is 0.492. The summed E-state index contributed by atoms with van der Waals surface area (Å²) < 4.78 is 0. The first kappa shape index (κ1) is 10.5. The van der Waals surface area contributed by atoms with Gasteiger partial charge in [-0.15, -0.1) is 0 Å². The molecular formula is C10H20N2O. The van der Waals surface area contributed by atoms with Gasteiger partial charge < -0.3 is 10.6 Å². The van der Waals surface area contributed by atoms with Crippen molar-refractivity contribution < 1.29 is 4.79 Å². The first-order valence-corrected chi connectivity index (χ1v) is 5.25. The van der Waals surface area contributed by atoms with E-state index in [4.69, 9.17) is 0 Å². The number of nitrogens with one attached hydrogen (secondary N) is 2. The van der Waals surface area contributed by atoms with Gasteiger partial charge in [0.25, 0.3) is 0 Å². The van der Waals surface area contributed by atoms with E-state index in [1.54, 1.807) is 0 Å². The minimum absolute atomic E-state index is 0.246. The second-order valence-electron chi connectivity index (χ2n) is 3.84. The van der Waals surface area contributed by atoms with E-state index in [1.807, 2.05) is 0 Å². The van der Waals surface area contributed by atoms with E-state index in [2.05, 4.69) is 24.5 Å². The van der Waals surface area contributed by atoms with Crippen molar-refractivity contribution >= 4 is 5.91 Å². The molecule has 3 nitrogen and oxygen atoms in total. The van der Waals surface area contributed by atoms with Gasteiger partial charge in [-0.25, -0.2) is 0 Å². The summed E-state index contributed by atoms with van der Waals surface area (Å²) in [6.07, 6.45) is 2.99. The van der Waals surface area contributed by atoms with Crippen LogP contribution in [0.2, 0.25) is 0 Å². The van der Waals surface area contributed by atoms with Gasteiger partial charge in [-0.1, -0.05) is 6.92 Å². The number of amides is 1. The quantitative estimate of drug-likeness (QED) is 0.684. The van der Waals surface area contributed by atoms with Gasteiger partial charge in [0.05, 0.1) is 0 Å². The lowest BCUT2D eigenvalue weighted by atomic mass is 9.97. The molecule has 1 fully saturated rings. The number of hydrogen-bond donors (Lipinski definition) is 2. The lowest BCUT2D eigenvalue weighted by Crippen LogP contribution is -2.41. The second-order valence-corrected chi connectivity index (χ2v) is 3.84. The van der Waals surface area contributed by atoms with E-state index in [0.717, 1.165) is 32.4 Å². The maximum atomic E-state index is 11.6. The molecule has 0 unspecified atom stereocenters. The maximum absolute atomic E-state index is 11.6. The Morgan fingerprint density at radius 3 is 2.69 bits per heavy atom. The lowest BCUT2D eigenvalue weighted by molar-refractivity contribution is -0.126. The molecule has 1 heterocycles. The predicted molar refractivity (Wildman–Crippen MR) is 53.5 cm³/mol. The molecule has 3 heteroatoms. The van der Waals surface area contributed by atoms with Gasteiger partial charge in [0, 0.05) is 12.0 Å². The van der Waals surface area contributed by atoms with Crippen molar-refractivity contribution in [2.24, 2.45) is 5.92 Å². The van der Waals surface area contributed by atoms with Gasteiger partial charge >= 0.3 is 0 Å². The molecule has 13 heavy (non-hydrogen) atoms. The van der Waals surface area contributed by atoms with Crippen molar-refractivity contribution in [1.82, 2.24) is 10.6 Å². The van der Waals surface area contributed by atoms with Crippen LogP contribution in [0.3, 0.4) is 0 Å². The fourth-order valence-electron chi connectivity index (χ4n) is 1.55. The Morgan fingerprint density at radius 1 is 1.54 bits per heavy atom. The molecule has 2 N–H and O–H groups in total. The summed E-state index contributed by atoms with van der Waals surface area (Å²) in [6.45, 7) is 6.11. The average Bonchev–Trinajstić information content (AvgIpc) is 2.19. The van der Waals surface area contributed by atoms with Crippen molar-refractivity contribution in [1.29, 1.82) is 0 Å². The Balaban J connectivity index is 2.29. The highest BCUT2D eigenvalue weighted by molar-refractivity contribution is 5.79. The van der Waals surface area contributed by atoms with Gasteiger partial charge in [0.1, 0.15) is 0 Å². The summed E-state index contributed by atoms with van der Waals surface area (Å²) in [4.78, 5) is 11.6. The van der Waals surface area contributed by atoms with Crippen LogP contribution in [0.5, 0.6) is 0 Å². The van der Waals surface area contributed by atoms with Gasteiger partial charge in [0.15, 0.2) is 0 Å². The van der Waals surface area contributed by atoms with Crippen molar-refractivity contribution in [3.05, 3.63) is 0 Å². The Morgan fingerprint density at radius 2 is 2.15 bits per heavy atom. The molecule has 0 bridgehead atoms. The molecule has 76 valence electrons. The Bertz CT molecular complexity index is 164. The van der Waals surface area contributed by atoms with Crippen LogP contribution in [0.15, 0.2) is 0 Å². The van der Waals surface area contributed by atoms with Crippen molar-refractivity contribution in [3.63, 3.8) is 0 Å². The molecule has 1 aliphatic heterocycles. The summed E-state index contributed by atoms with van der Waals surface area (Å²) in [5.41, 5.74) is 0. The number of rotatable bonds is 3. The third kappa shape index (κ3) is 3.35. The normalized spacial score (nSPS) is 21.1. The molecule has 0 saturated carbocycles. The smallest absolute Gasteiger partial charge is 0.223 e. The maximum Gasteiger partial charge on any atom is 0.223 e. The van der Waals surface area contributed by atoms with Crippen LogP contribution in [0.25, 0.3) is 0 Å². The molecule has 0 spiro atoms. The molecule has 1 amide bonds. The Kier molecular flexibility index (Phi) is 4.22. The highest BCUT2D eigenvalue weighted by Gasteiger charge is 2.21. The number of piperidine rings is 1. The zero-order chi connectivity index (χ0) is 9.68. The second kappa shape index (κ2) is 5.22. The number of hydrogen-bond acceptors (Lipinski definition) is 2. The summed E-state index contributed by atoms with van der Waals surface area (Å²) >= 11 is 0. The molecule has 1 rings (SSSR count). The number of carbonyl (C=O) groups excluding carboxylic acids is 1. The molecular weight excluding hydrogens is 164 g/mol. The largest absolute Gasteiger partial charge is 0.353 e. The monoisotopic (exact) mass is 184 g/mol. The van der Waals surface area contributed by atoms with Crippen LogP contribution >= 0.6 is 0 Å². The standard InChI is InChI=1S/C10H20N2O/c1-3-8(2)12-10(13)9-4-6-11-7-5-9/h8-9,11H,3-7H2,1-2H3,(H,12,13)/t8-/m0/s1. The lowest BCUT2D eigenvalue weighted by Gasteiger charge is -2.23. The van der Waals surface area contributed by atoms with Crippen LogP contribution < -0.4 is 10.6 Å². The first-order chi connectivity index (χ1) is 6.24. The van der Waals surface area contributed by atoms with Gasteiger partial charge in [0.2, 0.25) is 5.91 Å². The topological polar surface area (TPSA) is 41.1 Å². The molecule has 0 aromatic heterocycles. The molecule has 1 aliphatic rings. The molecule has 0 radical (unpaired) electrons. The van der Waals surface area contributed by atoms with Gasteiger partial charge in [-0.05, 0) is 39.3 Å². The Hall–Kier alpha value is -0.570. The minimum Gasteiger partial charge on any atom is -0.353 e. The molecule has 1 saturated heterocycles. The summed E-state index contributed by atoms with van der Waals surface area (Å²) in [6, 6.07) is 0.322. The van der Waals surface area contributed by atoms with Crippen molar-refractivity contribution in [2.75, 3.05) is 13.1 Å². The van der Waals surface area contributed by atoms with Crippen LogP contribution in [0.1, 0.15) is 33.1 Å². The van der Waals surface area contributed by atoms with E-state index in [-0.39, 0.29) is 11.8 Å². The van der Waals surface area contributed by atoms with Crippen LogP contribution in [0.4, 0.5) is 0 Å². The van der Waals surface area contributed by atoms with Crippen LogP contribution in [-0.2, 0) is 4.79 Å². The highest BCUT2D eigenvalue weighted by Crippen LogP contribution is 2.11. The summed E-state index contributed by atoms with van der Waals surface area (Å²) in [7, 11) is 0. The van der Waals surface area contributed by atoms with E-state index < -0.39 is 0 Å². The van der Waals surface area contributed by atoms with Gasteiger partial charge in [-0.3, -0.25) is 4.79 Å². The highest BCUT2D eigenvalue weighted by atomic mass is 16.1. The van der Waals surface area contributed by atoms with Gasteiger partial charge in [-0.2, -0.15) is 0 Å². The summed E-state index contributed by atoms with van der Waals surface area (Å²) in [5, 5.41) is 6.29. The minimum atomic E-state index is 0.246. The van der Waals surface area contributed by atoms with Crippen molar-refractivity contribution in [3.8, 4) is 0 Å².